The maximum Gasteiger partial charge on any atom is 0.271 e. The smallest absolute Gasteiger partial charge is 0.271 e. The summed E-state index contributed by atoms with van der Waals surface area (Å²) in [6.45, 7) is 0.378. The Hall–Kier alpha value is -4.70. The zero-order chi connectivity index (χ0) is 31.2. The molecule has 45 heavy (non-hydrogen) atoms. The average Bonchev–Trinajstić information content (AvgIpc) is 3.53. The topological polar surface area (TPSA) is 84.8 Å². The van der Waals surface area contributed by atoms with E-state index in [1.807, 2.05) is 66.0 Å². The molecule has 0 aliphatic heterocycles. The summed E-state index contributed by atoms with van der Waals surface area (Å²) in [6, 6.07) is 32.7. The lowest BCUT2D eigenvalue weighted by atomic mass is 10.1. The van der Waals surface area contributed by atoms with E-state index in [-0.39, 0.29) is 5.91 Å². The molecule has 0 atom stereocenters. The van der Waals surface area contributed by atoms with Crippen LogP contribution in [0.4, 0.5) is 10.8 Å². The molecule has 0 radical (unpaired) electrons. The summed E-state index contributed by atoms with van der Waals surface area (Å²) in [4.78, 5) is 17.4. The number of fused-ring (bicyclic) bond motifs is 1. The first-order valence-electron chi connectivity index (χ1n) is 13.9. The molecule has 10 heteroatoms. The number of thiazole rings is 1. The molecule has 0 bridgehead atoms. The fourth-order valence-corrected chi connectivity index (χ4v) is 6.11. The number of benzene rings is 5. The summed E-state index contributed by atoms with van der Waals surface area (Å²) in [5, 5.41) is 13.1. The number of aromatic nitrogens is 1. The molecular formula is C35H26BrClN4O3S. The lowest BCUT2D eigenvalue weighted by molar-refractivity contribution is 0.0955. The van der Waals surface area contributed by atoms with Crippen molar-refractivity contribution in [3.63, 3.8) is 0 Å². The zero-order valence-electron chi connectivity index (χ0n) is 24.0. The summed E-state index contributed by atoms with van der Waals surface area (Å²) in [6.07, 6.45) is 1.55. The third kappa shape index (κ3) is 7.34. The summed E-state index contributed by atoms with van der Waals surface area (Å²) in [5.74, 6) is 0.795. The molecule has 0 spiro atoms. The first-order chi connectivity index (χ1) is 22.0. The Morgan fingerprint density at radius 1 is 1.00 bits per heavy atom. The Labute approximate surface area is 277 Å². The number of carbonyl (C=O) groups is 1. The maximum absolute atomic E-state index is 12.8. The average molecular weight is 698 g/mol. The molecule has 0 aliphatic carbocycles. The van der Waals surface area contributed by atoms with Crippen LogP contribution in [-0.4, -0.2) is 24.2 Å². The first-order valence-corrected chi connectivity index (χ1v) is 15.9. The third-order valence-electron chi connectivity index (χ3n) is 6.93. The Balaban J connectivity index is 1.07. The summed E-state index contributed by atoms with van der Waals surface area (Å²) in [7, 11) is 1.58. The standard InChI is InChI=1S/C35H26BrClN4O3S/c1-43-32-18-22(17-30(36)33(32)44-20-26-7-4-6-23-5-2-3-8-29(23)26)19-38-41-34(42)25-11-9-24(10-12-25)31-21-45-35(40-31)39-28-15-13-27(37)14-16-28/h2-19,21H,20H2,1H3,(H,39,40)(H,41,42)/b38-19-. The fraction of sp³-hybridized carbons (Fsp3) is 0.0571. The van der Waals surface area contributed by atoms with Crippen LogP contribution in [0.25, 0.3) is 22.0 Å². The van der Waals surface area contributed by atoms with Crippen molar-refractivity contribution in [2.75, 3.05) is 12.4 Å². The SMILES string of the molecule is COc1cc(/C=N\NC(=O)c2ccc(-c3csc(Nc4ccc(Cl)cc4)n3)cc2)cc(Br)c1OCc1cccc2ccccc12. The Morgan fingerprint density at radius 2 is 1.78 bits per heavy atom. The second-order valence-corrected chi connectivity index (χ2v) is 12.1. The van der Waals surface area contributed by atoms with Gasteiger partial charge in [-0.3, -0.25) is 4.79 Å². The van der Waals surface area contributed by atoms with Crippen LogP contribution >= 0.6 is 38.9 Å². The van der Waals surface area contributed by atoms with Gasteiger partial charge < -0.3 is 14.8 Å². The van der Waals surface area contributed by atoms with Gasteiger partial charge in [0.15, 0.2) is 16.6 Å². The normalized spacial score (nSPS) is 11.1. The number of ether oxygens (including phenoxy) is 2. The first kappa shape index (κ1) is 30.3. The molecule has 5 aromatic carbocycles. The number of hydrogen-bond donors (Lipinski definition) is 2. The Kier molecular flexibility index (Phi) is 9.40. The minimum atomic E-state index is -0.331. The summed E-state index contributed by atoms with van der Waals surface area (Å²) >= 11 is 11.1. The van der Waals surface area contributed by atoms with Gasteiger partial charge in [0.1, 0.15) is 6.61 Å². The van der Waals surface area contributed by atoms with Crippen molar-refractivity contribution in [2.24, 2.45) is 5.10 Å². The van der Waals surface area contributed by atoms with Crippen molar-refractivity contribution in [1.29, 1.82) is 0 Å². The molecule has 1 amide bonds. The quantitative estimate of drug-likeness (QED) is 0.110. The van der Waals surface area contributed by atoms with Crippen LogP contribution in [0.1, 0.15) is 21.5 Å². The molecule has 0 fully saturated rings. The number of nitrogens with one attached hydrogen (secondary N) is 2. The summed E-state index contributed by atoms with van der Waals surface area (Å²) < 4.78 is 12.5. The predicted octanol–water partition coefficient (Wildman–Crippen LogP) is 9.47. The molecule has 7 nitrogen and oxygen atoms in total. The van der Waals surface area contributed by atoms with Gasteiger partial charge in [0, 0.05) is 27.2 Å². The number of rotatable bonds is 10. The summed E-state index contributed by atoms with van der Waals surface area (Å²) in [5.41, 5.74) is 7.47. The highest BCUT2D eigenvalue weighted by Gasteiger charge is 2.13. The number of halogens is 2. The van der Waals surface area contributed by atoms with Gasteiger partial charge in [-0.2, -0.15) is 5.10 Å². The molecule has 2 N–H and O–H groups in total. The maximum atomic E-state index is 12.8. The molecule has 6 rings (SSSR count). The Morgan fingerprint density at radius 3 is 2.58 bits per heavy atom. The van der Waals surface area contributed by atoms with Gasteiger partial charge in [0.05, 0.1) is 23.5 Å². The van der Waals surface area contributed by atoms with E-state index in [2.05, 4.69) is 61.0 Å². The van der Waals surface area contributed by atoms with E-state index >= 15 is 0 Å². The van der Waals surface area contributed by atoms with Crippen molar-refractivity contribution in [1.82, 2.24) is 10.4 Å². The number of hydrazone groups is 1. The van der Waals surface area contributed by atoms with Crippen molar-refractivity contribution in [3.8, 4) is 22.8 Å². The molecule has 0 saturated carbocycles. The van der Waals surface area contributed by atoms with Gasteiger partial charge in [0.2, 0.25) is 0 Å². The lowest BCUT2D eigenvalue weighted by Gasteiger charge is -2.14. The van der Waals surface area contributed by atoms with E-state index in [0.29, 0.717) is 33.2 Å². The van der Waals surface area contributed by atoms with Crippen LogP contribution in [-0.2, 0) is 6.61 Å². The van der Waals surface area contributed by atoms with E-state index in [1.54, 1.807) is 31.5 Å². The number of anilines is 2. The highest BCUT2D eigenvalue weighted by Crippen LogP contribution is 2.37. The monoisotopic (exact) mass is 696 g/mol. The van der Waals surface area contributed by atoms with Crippen molar-refractivity contribution < 1.29 is 14.3 Å². The molecule has 0 saturated heterocycles. The van der Waals surface area contributed by atoms with Crippen molar-refractivity contribution in [2.45, 2.75) is 6.61 Å². The number of nitrogens with zero attached hydrogens (tertiary/aromatic N) is 2. The number of methoxy groups -OCH3 is 1. The van der Waals surface area contributed by atoms with Gasteiger partial charge in [-0.1, -0.05) is 66.2 Å². The largest absolute Gasteiger partial charge is 0.493 e. The zero-order valence-corrected chi connectivity index (χ0v) is 27.1. The molecular weight excluding hydrogens is 672 g/mol. The second-order valence-electron chi connectivity index (χ2n) is 9.91. The number of amides is 1. The van der Waals surface area contributed by atoms with Crippen LogP contribution < -0.4 is 20.2 Å². The van der Waals surface area contributed by atoms with E-state index in [0.717, 1.165) is 44.0 Å². The molecule has 1 aromatic heterocycles. The van der Waals surface area contributed by atoms with Crippen molar-refractivity contribution in [3.05, 3.63) is 135 Å². The molecule has 0 aliphatic rings. The van der Waals surface area contributed by atoms with Crippen LogP contribution in [0.3, 0.4) is 0 Å². The number of carbonyl (C=O) groups excluding carboxylic acids is 1. The minimum absolute atomic E-state index is 0.331. The van der Waals surface area contributed by atoms with Gasteiger partial charge in [-0.25, -0.2) is 10.4 Å². The minimum Gasteiger partial charge on any atom is -0.493 e. The fourth-order valence-electron chi connectivity index (χ4n) is 4.67. The van der Waals surface area contributed by atoms with Gasteiger partial charge in [0.25, 0.3) is 5.91 Å². The van der Waals surface area contributed by atoms with E-state index in [9.17, 15) is 4.79 Å². The molecule has 1 heterocycles. The predicted molar refractivity (Wildman–Crippen MR) is 186 cm³/mol. The highest BCUT2D eigenvalue weighted by molar-refractivity contribution is 9.10. The van der Waals surface area contributed by atoms with Crippen LogP contribution in [0.2, 0.25) is 5.02 Å². The van der Waals surface area contributed by atoms with Gasteiger partial charge >= 0.3 is 0 Å². The van der Waals surface area contributed by atoms with Crippen LogP contribution in [0.5, 0.6) is 11.5 Å². The van der Waals surface area contributed by atoms with Crippen LogP contribution in [0, 0.1) is 0 Å². The Bertz CT molecular complexity index is 1990. The van der Waals surface area contributed by atoms with E-state index < -0.39 is 0 Å². The van der Waals surface area contributed by atoms with Crippen LogP contribution in [0.15, 0.2) is 118 Å². The molecule has 224 valence electrons. The van der Waals surface area contributed by atoms with Gasteiger partial charge in [-0.15, -0.1) is 11.3 Å². The second kappa shape index (κ2) is 13.9. The lowest BCUT2D eigenvalue weighted by Crippen LogP contribution is -2.17. The van der Waals surface area contributed by atoms with E-state index in [1.165, 1.54) is 11.3 Å². The highest BCUT2D eigenvalue weighted by atomic mass is 79.9. The molecule has 6 aromatic rings. The number of hydrogen-bond acceptors (Lipinski definition) is 7. The van der Waals surface area contributed by atoms with Gasteiger partial charge in [-0.05, 0) is 86.4 Å². The van der Waals surface area contributed by atoms with Crippen molar-refractivity contribution >= 4 is 72.6 Å². The third-order valence-corrected chi connectivity index (χ3v) is 8.52. The molecule has 0 unspecified atom stereocenters. The van der Waals surface area contributed by atoms with E-state index in [4.69, 9.17) is 21.1 Å².